The predicted octanol–water partition coefficient (Wildman–Crippen LogP) is 6.23. The number of rotatable bonds is 12. The fraction of sp³-hybridized carbons (Fsp3) is 0.310. The number of amidine groups is 2. The molecule has 0 fully saturated rings. The van der Waals surface area contributed by atoms with Crippen LogP contribution in [0.1, 0.15) is 54.5 Å². The summed E-state index contributed by atoms with van der Waals surface area (Å²) in [4.78, 5) is 8.71. The summed E-state index contributed by atoms with van der Waals surface area (Å²) < 4.78 is 12.1. The Morgan fingerprint density at radius 1 is 0.649 bits per heavy atom. The highest BCUT2D eigenvalue weighted by Crippen LogP contribution is 2.24. The summed E-state index contributed by atoms with van der Waals surface area (Å²) in [5, 5.41) is 0. The van der Waals surface area contributed by atoms with Crippen LogP contribution in [0.3, 0.4) is 0 Å². The lowest BCUT2D eigenvalue weighted by Crippen LogP contribution is -2.14. The molecule has 0 spiro atoms. The monoisotopic (exact) mass is 544 g/mol. The van der Waals surface area contributed by atoms with Gasteiger partial charge >= 0.3 is 0 Å². The number of halogens is 2. The smallest absolute Gasteiger partial charge is 0.125 e. The van der Waals surface area contributed by atoms with Crippen LogP contribution in [0.4, 0.5) is 0 Å². The Kier molecular flexibility index (Phi) is 14.2. The molecule has 0 radical (unpaired) electrons. The van der Waals surface area contributed by atoms with E-state index in [0.717, 1.165) is 65.2 Å². The Hall–Kier alpha value is -3.22. The van der Waals surface area contributed by atoms with E-state index in [4.69, 9.17) is 20.9 Å². The van der Waals surface area contributed by atoms with Gasteiger partial charge in [0, 0.05) is 30.3 Å². The van der Waals surface area contributed by atoms with Crippen LogP contribution in [0, 0.1) is 6.92 Å². The zero-order valence-corrected chi connectivity index (χ0v) is 23.4. The summed E-state index contributed by atoms with van der Waals surface area (Å²) in [6.07, 6.45) is 1.95. The minimum atomic E-state index is 0. The molecule has 37 heavy (non-hydrogen) atoms. The first kappa shape index (κ1) is 31.8. The fourth-order valence-corrected chi connectivity index (χ4v) is 3.40. The van der Waals surface area contributed by atoms with Crippen molar-refractivity contribution in [1.82, 2.24) is 0 Å². The van der Waals surface area contributed by atoms with E-state index in [1.807, 2.05) is 73.7 Å². The maximum atomic E-state index is 6.04. The van der Waals surface area contributed by atoms with E-state index in [9.17, 15) is 0 Å². The number of aryl methyl sites for hydroxylation is 1. The normalized spacial score (nSPS) is 11.3. The SMILES string of the molecule is CCCN=C(N)c1ccc(COc2cc(C)cc(OCc3ccc(C(N)=NCCC)cc3)c2)cc1.Cl.Cl. The average Bonchev–Trinajstić information content (AvgIpc) is 2.88. The first-order valence-corrected chi connectivity index (χ1v) is 12.1. The second-order valence-electron chi connectivity index (χ2n) is 8.49. The third kappa shape index (κ3) is 10.3. The largest absolute Gasteiger partial charge is 0.489 e. The molecule has 4 N–H and O–H groups in total. The second kappa shape index (κ2) is 16.5. The zero-order chi connectivity index (χ0) is 25.0. The molecule has 0 bridgehead atoms. The van der Waals surface area contributed by atoms with Crippen molar-refractivity contribution < 1.29 is 9.47 Å². The molecule has 3 rings (SSSR count). The van der Waals surface area contributed by atoms with E-state index in [1.54, 1.807) is 0 Å². The lowest BCUT2D eigenvalue weighted by molar-refractivity contribution is 0.289. The molecular weight excluding hydrogens is 507 g/mol. The molecule has 0 aliphatic carbocycles. The molecule has 0 unspecified atom stereocenters. The van der Waals surface area contributed by atoms with Gasteiger partial charge in [-0.05, 0) is 48.6 Å². The first-order chi connectivity index (χ1) is 17.0. The quantitative estimate of drug-likeness (QED) is 0.208. The third-order valence-corrected chi connectivity index (χ3v) is 5.35. The predicted molar refractivity (Wildman–Crippen MR) is 159 cm³/mol. The Balaban J connectivity index is 0.00000342. The number of aliphatic imine (C=N–C) groups is 2. The standard InChI is InChI=1S/C29H36N4O2.2ClH/c1-4-14-32-28(30)24-10-6-22(7-11-24)19-34-26-16-21(3)17-27(18-26)35-20-23-8-12-25(13-9-23)29(31)33-15-5-2;;/h6-13,16-18H,4-5,14-15,19-20H2,1-3H3,(H2,30,32)(H2,31,33);2*1H. The molecule has 8 heteroatoms. The van der Waals surface area contributed by atoms with Crippen molar-refractivity contribution in [3.63, 3.8) is 0 Å². The molecule has 0 aliphatic rings. The van der Waals surface area contributed by atoms with Gasteiger partial charge in [0.2, 0.25) is 0 Å². The number of nitrogens with zero attached hydrogens (tertiary/aromatic N) is 2. The molecule has 0 amide bonds. The second-order valence-corrected chi connectivity index (χ2v) is 8.49. The van der Waals surface area contributed by atoms with E-state index in [1.165, 1.54) is 0 Å². The van der Waals surface area contributed by atoms with Crippen molar-refractivity contribution in [3.05, 3.63) is 94.5 Å². The Labute approximate surface area is 233 Å². The highest BCUT2D eigenvalue weighted by molar-refractivity contribution is 5.97. The minimum absolute atomic E-state index is 0. The van der Waals surface area contributed by atoms with Crippen LogP contribution in [-0.4, -0.2) is 24.8 Å². The zero-order valence-electron chi connectivity index (χ0n) is 21.8. The number of hydrogen-bond donors (Lipinski definition) is 2. The molecule has 0 saturated carbocycles. The lowest BCUT2D eigenvalue weighted by Gasteiger charge is -2.12. The van der Waals surface area contributed by atoms with Crippen LogP contribution in [-0.2, 0) is 13.2 Å². The van der Waals surface area contributed by atoms with E-state index in [0.29, 0.717) is 24.9 Å². The summed E-state index contributed by atoms with van der Waals surface area (Å²) in [6.45, 7) is 8.58. The number of benzene rings is 3. The third-order valence-electron chi connectivity index (χ3n) is 5.35. The van der Waals surface area contributed by atoms with Gasteiger partial charge in [-0.25, -0.2) is 0 Å². The van der Waals surface area contributed by atoms with Crippen LogP contribution in [0.2, 0.25) is 0 Å². The first-order valence-electron chi connectivity index (χ1n) is 12.1. The van der Waals surface area contributed by atoms with Crippen molar-refractivity contribution in [2.45, 2.75) is 46.8 Å². The highest BCUT2D eigenvalue weighted by atomic mass is 35.5. The fourth-order valence-electron chi connectivity index (χ4n) is 3.40. The molecule has 200 valence electrons. The summed E-state index contributed by atoms with van der Waals surface area (Å²) in [5.41, 5.74) is 17.1. The highest BCUT2D eigenvalue weighted by Gasteiger charge is 2.05. The maximum absolute atomic E-state index is 6.04. The van der Waals surface area contributed by atoms with Gasteiger partial charge < -0.3 is 20.9 Å². The van der Waals surface area contributed by atoms with Crippen LogP contribution in [0.15, 0.2) is 76.7 Å². The topological polar surface area (TPSA) is 95.2 Å². The number of nitrogens with two attached hydrogens (primary N) is 2. The molecule has 3 aromatic carbocycles. The van der Waals surface area contributed by atoms with Crippen molar-refractivity contribution >= 4 is 36.5 Å². The van der Waals surface area contributed by atoms with E-state index < -0.39 is 0 Å². The van der Waals surface area contributed by atoms with Crippen molar-refractivity contribution in [3.8, 4) is 11.5 Å². The van der Waals surface area contributed by atoms with Crippen LogP contribution >= 0.6 is 24.8 Å². The molecule has 0 saturated heterocycles. The summed E-state index contributed by atoms with van der Waals surface area (Å²) >= 11 is 0. The van der Waals surface area contributed by atoms with Gasteiger partial charge in [0.05, 0.1) is 0 Å². The van der Waals surface area contributed by atoms with Gasteiger partial charge in [-0.2, -0.15) is 0 Å². The van der Waals surface area contributed by atoms with Crippen molar-refractivity contribution in [2.75, 3.05) is 13.1 Å². The summed E-state index contributed by atoms with van der Waals surface area (Å²) in [5.74, 6) is 2.68. The van der Waals surface area contributed by atoms with Gasteiger partial charge in [0.1, 0.15) is 36.4 Å². The van der Waals surface area contributed by atoms with Gasteiger partial charge in [0.25, 0.3) is 0 Å². The molecular formula is C29H38Cl2N4O2. The van der Waals surface area contributed by atoms with Crippen molar-refractivity contribution in [1.29, 1.82) is 0 Å². The van der Waals surface area contributed by atoms with Crippen molar-refractivity contribution in [2.24, 2.45) is 21.5 Å². The Morgan fingerprint density at radius 3 is 1.38 bits per heavy atom. The molecule has 0 atom stereocenters. The maximum Gasteiger partial charge on any atom is 0.125 e. The Bertz CT molecular complexity index is 1060. The van der Waals surface area contributed by atoms with E-state index >= 15 is 0 Å². The lowest BCUT2D eigenvalue weighted by atomic mass is 10.1. The van der Waals surface area contributed by atoms with Crippen LogP contribution in [0.5, 0.6) is 11.5 Å². The number of hydrogen-bond acceptors (Lipinski definition) is 4. The van der Waals surface area contributed by atoms with E-state index in [2.05, 4.69) is 23.8 Å². The number of ether oxygens (including phenoxy) is 2. The molecule has 0 heterocycles. The molecule has 0 aliphatic heterocycles. The van der Waals surface area contributed by atoms with E-state index in [-0.39, 0.29) is 24.8 Å². The van der Waals surface area contributed by atoms with Crippen LogP contribution in [0.25, 0.3) is 0 Å². The van der Waals surface area contributed by atoms with Gasteiger partial charge in [-0.15, -0.1) is 24.8 Å². The molecule has 3 aromatic rings. The summed E-state index contributed by atoms with van der Waals surface area (Å²) in [6, 6.07) is 21.9. The molecule has 0 aromatic heterocycles. The minimum Gasteiger partial charge on any atom is -0.489 e. The van der Waals surface area contributed by atoms with Crippen LogP contribution < -0.4 is 20.9 Å². The average molecular weight is 546 g/mol. The van der Waals surface area contributed by atoms with Gasteiger partial charge in [-0.1, -0.05) is 62.4 Å². The molecule has 6 nitrogen and oxygen atoms in total. The Morgan fingerprint density at radius 2 is 1.03 bits per heavy atom. The van der Waals surface area contributed by atoms with Gasteiger partial charge in [-0.3, -0.25) is 9.98 Å². The van der Waals surface area contributed by atoms with Gasteiger partial charge in [0.15, 0.2) is 0 Å². The summed E-state index contributed by atoms with van der Waals surface area (Å²) in [7, 11) is 0.